The molecule has 0 aromatic heterocycles. The number of guanidine groups is 1. The zero-order valence-electron chi connectivity index (χ0n) is 17.1. The van der Waals surface area contributed by atoms with E-state index < -0.39 is 0 Å². The van der Waals surface area contributed by atoms with Gasteiger partial charge in [0.05, 0.1) is 6.61 Å². The molecule has 2 rings (SSSR count). The second kappa shape index (κ2) is 13.5. The molecule has 0 amide bonds. The van der Waals surface area contributed by atoms with Gasteiger partial charge in [0.25, 0.3) is 0 Å². The number of benzene rings is 1. The van der Waals surface area contributed by atoms with Crippen molar-refractivity contribution < 1.29 is 4.74 Å². The highest BCUT2D eigenvalue weighted by molar-refractivity contribution is 5.79. The van der Waals surface area contributed by atoms with E-state index in [1.807, 2.05) is 6.92 Å². The average Bonchev–Trinajstić information content (AvgIpc) is 2.70. The fourth-order valence-electron chi connectivity index (χ4n) is 3.23. The Hall–Kier alpha value is -1.63. The first kappa shape index (κ1) is 21.7. The number of aliphatic imine (C=N–C) groups is 1. The van der Waals surface area contributed by atoms with Crippen LogP contribution in [0.2, 0.25) is 0 Å². The molecule has 1 aliphatic rings. The molecule has 0 spiro atoms. The van der Waals surface area contributed by atoms with E-state index >= 15 is 0 Å². The van der Waals surface area contributed by atoms with Crippen molar-refractivity contribution in [3.05, 3.63) is 35.9 Å². The maximum atomic E-state index is 5.36. The predicted octanol–water partition coefficient (Wildman–Crippen LogP) is 1.79. The number of rotatable bonds is 11. The molecule has 0 atom stereocenters. The molecule has 0 aliphatic carbocycles. The van der Waals surface area contributed by atoms with Crippen molar-refractivity contribution in [2.75, 3.05) is 65.6 Å². The summed E-state index contributed by atoms with van der Waals surface area (Å²) in [6.45, 7) is 14.9. The van der Waals surface area contributed by atoms with Gasteiger partial charge in [-0.05, 0) is 25.8 Å². The number of hydrogen-bond donors (Lipinski definition) is 2. The molecule has 152 valence electrons. The second-order valence-corrected chi connectivity index (χ2v) is 6.84. The van der Waals surface area contributed by atoms with Gasteiger partial charge in [-0.15, -0.1) is 0 Å². The van der Waals surface area contributed by atoms with Crippen LogP contribution in [0.25, 0.3) is 0 Å². The normalized spacial score (nSPS) is 16.4. The minimum Gasteiger partial charge on any atom is -0.380 e. The third-order valence-corrected chi connectivity index (χ3v) is 4.70. The van der Waals surface area contributed by atoms with E-state index in [-0.39, 0.29) is 0 Å². The summed E-state index contributed by atoms with van der Waals surface area (Å²) in [6, 6.07) is 10.8. The first-order valence-corrected chi connectivity index (χ1v) is 10.4. The smallest absolute Gasteiger partial charge is 0.191 e. The lowest BCUT2D eigenvalue weighted by atomic mass is 10.2. The first-order valence-electron chi connectivity index (χ1n) is 10.4. The first-order chi connectivity index (χ1) is 13.3. The second-order valence-electron chi connectivity index (χ2n) is 6.84. The fraction of sp³-hybridized carbons (Fsp3) is 0.667. The summed E-state index contributed by atoms with van der Waals surface area (Å²) in [5.74, 6) is 0.893. The summed E-state index contributed by atoms with van der Waals surface area (Å²) in [5.41, 5.74) is 1.41. The van der Waals surface area contributed by atoms with Crippen molar-refractivity contribution >= 4 is 5.96 Å². The standard InChI is InChI=1S/C21H37N5O/c1-3-22-21(24-12-18-27-4-2)23-11-8-13-25-14-16-26(17-15-25)19-20-9-6-5-7-10-20/h5-7,9-10H,3-4,8,11-19H2,1-2H3,(H2,22,23,24). The highest BCUT2D eigenvalue weighted by atomic mass is 16.5. The van der Waals surface area contributed by atoms with Gasteiger partial charge in [0.15, 0.2) is 5.96 Å². The molecule has 0 radical (unpaired) electrons. The maximum Gasteiger partial charge on any atom is 0.191 e. The summed E-state index contributed by atoms with van der Waals surface area (Å²) in [4.78, 5) is 9.78. The minimum absolute atomic E-state index is 0.716. The van der Waals surface area contributed by atoms with Crippen LogP contribution >= 0.6 is 0 Å². The molecule has 0 unspecified atom stereocenters. The van der Waals surface area contributed by atoms with E-state index in [0.717, 1.165) is 77.9 Å². The Bertz CT molecular complexity index is 515. The van der Waals surface area contributed by atoms with E-state index in [1.165, 1.54) is 5.56 Å². The molecule has 27 heavy (non-hydrogen) atoms. The van der Waals surface area contributed by atoms with Gasteiger partial charge in [-0.3, -0.25) is 9.89 Å². The fourth-order valence-corrected chi connectivity index (χ4v) is 3.23. The number of nitrogens with one attached hydrogen (secondary N) is 2. The van der Waals surface area contributed by atoms with Crippen molar-refractivity contribution in [1.29, 1.82) is 0 Å². The molecule has 6 heteroatoms. The van der Waals surface area contributed by atoms with Crippen LogP contribution in [0.4, 0.5) is 0 Å². The Balaban J connectivity index is 1.59. The molecule has 0 bridgehead atoms. The molecule has 1 aromatic carbocycles. The Morgan fingerprint density at radius 1 is 1.04 bits per heavy atom. The van der Waals surface area contributed by atoms with Crippen molar-refractivity contribution in [2.45, 2.75) is 26.8 Å². The molecule has 2 N–H and O–H groups in total. The maximum absolute atomic E-state index is 5.36. The Labute approximate surface area is 165 Å². The van der Waals surface area contributed by atoms with Gasteiger partial charge >= 0.3 is 0 Å². The van der Waals surface area contributed by atoms with Crippen molar-refractivity contribution in [3.63, 3.8) is 0 Å². The van der Waals surface area contributed by atoms with Crippen LogP contribution < -0.4 is 10.6 Å². The monoisotopic (exact) mass is 375 g/mol. The molecule has 0 saturated carbocycles. The Morgan fingerprint density at radius 2 is 1.78 bits per heavy atom. The van der Waals surface area contributed by atoms with Crippen molar-refractivity contribution in [2.24, 2.45) is 4.99 Å². The lowest BCUT2D eigenvalue weighted by Gasteiger charge is -2.34. The van der Waals surface area contributed by atoms with E-state index in [0.29, 0.717) is 6.61 Å². The Morgan fingerprint density at radius 3 is 2.48 bits per heavy atom. The van der Waals surface area contributed by atoms with Gasteiger partial charge in [-0.2, -0.15) is 0 Å². The van der Waals surface area contributed by atoms with E-state index in [2.05, 4.69) is 62.7 Å². The van der Waals surface area contributed by atoms with Crippen LogP contribution in [-0.4, -0.2) is 81.3 Å². The number of ether oxygens (including phenoxy) is 1. The average molecular weight is 376 g/mol. The highest BCUT2D eigenvalue weighted by Gasteiger charge is 2.16. The highest BCUT2D eigenvalue weighted by Crippen LogP contribution is 2.08. The third kappa shape index (κ3) is 9.22. The zero-order chi connectivity index (χ0) is 19.2. The number of nitrogens with zero attached hydrogens (tertiary/aromatic N) is 3. The number of piperazine rings is 1. The third-order valence-electron chi connectivity index (χ3n) is 4.70. The lowest BCUT2D eigenvalue weighted by Crippen LogP contribution is -2.46. The van der Waals surface area contributed by atoms with Crippen LogP contribution in [0.3, 0.4) is 0 Å². The Kier molecular flexibility index (Phi) is 10.9. The van der Waals surface area contributed by atoms with E-state index in [9.17, 15) is 0 Å². The van der Waals surface area contributed by atoms with Gasteiger partial charge in [0.2, 0.25) is 0 Å². The van der Waals surface area contributed by atoms with Crippen LogP contribution in [0.1, 0.15) is 25.8 Å². The molecule has 1 fully saturated rings. The van der Waals surface area contributed by atoms with Gasteiger partial charge in [0.1, 0.15) is 0 Å². The van der Waals surface area contributed by atoms with Gasteiger partial charge in [0, 0.05) is 65.5 Å². The molecule has 1 saturated heterocycles. The van der Waals surface area contributed by atoms with E-state index in [4.69, 9.17) is 4.74 Å². The van der Waals surface area contributed by atoms with Gasteiger partial charge < -0.3 is 20.3 Å². The van der Waals surface area contributed by atoms with E-state index in [1.54, 1.807) is 0 Å². The largest absolute Gasteiger partial charge is 0.380 e. The molecule has 1 heterocycles. The van der Waals surface area contributed by atoms with Crippen LogP contribution in [0.15, 0.2) is 35.3 Å². The molecular formula is C21H37N5O. The predicted molar refractivity (Wildman–Crippen MR) is 113 cm³/mol. The zero-order valence-corrected chi connectivity index (χ0v) is 17.1. The van der Waals surface area contributed by atoms with Crippen molar-refractivity contribution in [3.8, 4) is 0 Å². The van der Waals surface area contributed by atoms with Crippen LogP contribution in [0, 0.1) is 0 Å². The summed E-state index contributed by atoms with van der Waals surface area (Å²) >= 11 is 0. The molecule has 6 nitrogen and oxygen atoms in total. The summed E-state index contributed by atoms with van der Waals surface area (Å²) in [6.07, 6.45) is 1.10. The molecule has 1 aliphatic heterocycles. The van der Waals surface area contributed by atoms with Gasteiger partial charge in [-0.1, -0.05) is 30.3 Å². The van der Waals surface area contributed by atoms with Gasteiger partial charge in [-0.25, -0.2) is 0 Å². The molecular weight excluding hydrogens is 338 g/mol. The van der Waals surface area contributed by atoms with Crippen LogP contribution in [0.5, 0.6) is 0 Å². The summed E-state index contributed by atoms with van der Waals surface area (Å²) in [7, 11) is 0. The summed E-state index contributed by atoms with van der Waals surface area (Å²) < 4.78 is 5.36. The quantitative estimate of drug-likeness (QED) is 0.351. The lowest BCUT2D eigenvalue weighted by molar-refractivity contribution is 0.127. The number of hydrogen-bond acceptors (Lipinski definition) is 4. The minimum atomic E-state index is 0.716. The summed E-state index contributed by atoms with van der Waals surface area (Å²) in [5, 5.41) is 6.61. The SMILES string of the molecule is CCNC(=NCCCN1CCN(Cc2ccccc2)CC1)NCCOCC. The van der Waals surface area contributed by atoms with Crippen LogP contribution in [-0.2, 0) is 11.3 Å². The topological polar surface area (TPSA) is 52.1 Å². The molecule has 1 aromatic rings. The van der Waals surface area contributed by atoms with Crippen molar-refractivity contribution in [1.82, 2.24) is 20.4 Å².